The van der Waals surface area contributed by atoms with Gasteiger partial charge < -0.3 is 14.9 Å². The van der Waals surface area contributed by atoms with Crippen LogP contribution in [-0.2, 0) is 0 Å². The van der Waals surface area contributed by atoms with Crippen molar-refractivity contribution in [1.29, 1.82) is 5.26 Å². The molecule has 2 N–H and O–H groups in total. The van der Waals surface area contributed by atoms with E-state index in [1.54, 1.807) is 6.92 Å². The number of nitriles is 1. The lowest BCUT2D eigenvalue weighted by atomic mass is 10.0. The fourth-order valence-corrected chi connectivity index (χ4v) is 1.24. The van der Waals surface area contributed by atoms with E-state index < -0.39 is 18.0 Å². The van der Waals surface area contributed by atoms with Crippen molar-refractivity contribution in [3.8, 4) is 11.8 Å². The van der Waals surface area contributed by atoms with Gasteiger partial charge in [0.2, 0.25) is 0 Å². The minimum atomic E-state index is -1.65. The first-order valence-corrected chi connectivity index (χ1v) is 4.78. The van der Waals surface area contributed by atoms with Crippen LogP contribution in [0.3, 0.4) is 0 Å². The second-order valence-electron chi connectivity index (χ2n) is 3.14. The first-order chi connectivity index (χ1) is 7.60. The summed E-state index contributed by atoms with van der Waals surface area (Å²) in [6, 6.07) is 5.29. The molecule has 16 heavy (non-hydrogen) atoms. The number of rotatable bonds is 4. The van der Waals surface area contributed by atoms with Crippen LogP contribution in [0, 0.1) is 17.1 Å². The Hall–Kier alpha value is -1.64. The molecule has 0 spiro atoms. The molecule has 0 radical (unpaired) electrons. The van der Waals surface area contributed by atoms with E-state index >= 15 is 0 Å². The molecule has 4 nitrogen and oxygen atoms in total. The van der Waals surface area contributed by atoms with E-state index in [1.165, 1.54) is 18.2 Å². The Morgan fingerprint density at radius 3 is 2.69 bits per heavy atom. The van der Waals surface area contributed by atoms with E-state index in [-0.39, 0.29) is 5.56 Å². The van der Waals surface area contributed by atoms with Crippen molar-refractivity contribution < 1.29 is 19.3 Å². The molecule has 0 saturated heterocycles. The molecule has 2 unspecified atom stereocenters. The average Bonchev–Trinajstić information content (AvgIpc) is 2.28. The van der Waals surface area contributed by atoms with Gasteiger partial charge >= 0.3 is 0 Å². The van der Waals surface area contributed by atoms with Crippen molar-refractivity contribution in [3.63, 3.8) is 0 Å². The lowest BCUT2D eigenvalue weighted by molar-refractivity contribution is 0.0502. The fraction of sp³-hybridized carbons (Fsp3) is 0.364. The van der Waals surface area contributed by atoms with Crippen LogP contribution >= 0.6 is 0 Å². The van der Waals surface area contributed by atoms with E-state index in [0.717, 1.165) is 6.07 Å². The average molecular weight is 225 g/mol. The maximum absolute atomic E-state index is 13.5. The van der Waals surface area contributed by atoms with Crippen LogP contribution in [0.5, 0.6) is 5.75 Å². The zero-order chi connectivity index (χ0) is 12.1. The van der Waals surface area contributed by atoms with Crippen LogP contribution in [0.1, 0.15) is 18.6 Å². The highest BCUT2D eigenvalue weighted by Crippen LogP contribution is 2.24. The van der Waals surface area contributed by atoms with Crippen molar-refractivity contribution in [2.45, 2.75) is 19.1 Å². The van der Waals surface area contributed by atoms with E-state index in [4.69, 9.17) is 15.1 Å². The largest absolute Gasteiger partial charge is 0.494 e. The van der Waals surface area contributed by atoms with Crippen molar-refractivity contribution in [3.05, 3.63) is 29.6 Å². The van der Waals surface area contributed by atoms with Crippen LogP contribution in [0.15, 0.2) is 18.2 Å². The standard InChI is InChI=1S/C11H12FNO3/c1-2-16-7-3-4-8(9(12)5-7)11(15)10(14)6-13/h3-5,10-11,14-15H,2H2,1H3. The summed E-state index contributed by atoms with van der Waals surface area (Å²) in [5, 5.41) is 26.9. The summed E-state index contributed by atoms with van der Waals surface area (Å²) in [5.74, 6) is -0.379. The minimum absolute atomic E-state index is 0.127. The molecule has 1 aromatic carbocycles. The molecule has 0 heterocycles. The molecule has 2 atom stereocenters. The van der Waals surface area contributed by atoms with Crippen LogP contribution in [0.2, 0.25) is 0 Å². The summed E-state index contributed by atoms with van der Waals surface area (Å²) < 4.78 is 18.5. The van der Waals surface area contributed by atoms with Crippen LogP contribution in [0.25, 0.3) is 0 Å². The number of aliphatic hydroxyl groups is 2. The Morgan fingerprint density at radius 2 is 2.19 bits per heavy atom. The quantitative estimate of drug-likeness (QED) is 0.754. The fourth-order valence-electron chi connectivity index (χ4n) is 1.24. The van der Waals surface area contributed by atoms with Gasteiger partial charge in [-0.15, -0.1) is 0 Å². The highest BCUT2D eigenvalue weighted by Gasteiger charge is 2.21. The third kappa shape index (κ3) is 2.69. The highest BCUT2D eigenvalue weighted by molar-refractivity contribution is 5.31. The van der Waals surface area contributed by atoms with Gasteiger partial charge in [-0.3, -0.25) is 0 Å². The Balaban J connectivity index is 2.95. The van der Waals surface area contributed by atoms with Crippen molar-refractivity contribution in [2.75, 3.05) is 6.61 Å². The normalized spacial score (nSPS) is 13.9. The third-order valence-corrected chi connectivity index (χ3v) is 2.03. The van der Waals surface area contributed by atoms with Crippen LogP contribution in [0.4, 0.5) is 4.39 Å². The highest BCUT2D eigenvalue weighted by atomic mass is 19.1. The number of nitrogens with zero attached hydrogens (tertiary/aromatic N) is 1. The second kappa shape index (κ2) is 5.45. The Kier molecular flexibility index (Phi) is 4.23. The van der Waals surface area contributed by atoms with Crippen molar-refractivity contribution in [2.24, 2.45) is 0 Å². The van der Waals surface area contributed by atoms with Gasteiger partial charge in [0.05, 0.1) is 12.7 Å². The number of hydrogen-bond acceptors (Lipinski definition) is 4. The number of hydrogen-bond donors (Lipinski definition) is 2. The zero-order valence-electron chi connectivity index (χ0n) is 8.72. The predicted molar refractivity (Wildman–Crippen MR) is 54.1 cm³/mol. The maximum atomic E-state index is 13.5. The number of ether oxygens (including phenoxy) is 1. The van der Waals surface area contributed by atoms with Gasteiger partial charge in [0.25, 0.3) is 0 Å². The van der Waals surface area contributed by atoms with Crippen LogP contribution < -0.4 is 4.74 Å². The Labute approximate surface area is 92.5 Å². The van der Waals surface area contributed by atoms with Crippen molar-refractivity contribution in [1.82, 2.24) is 0 Å². The molecule has 5 heteroatoms. The van der Waals surface area contributed by atoms with Gasteiger partial charge in [0, 0.05) is 11.6 Å². The predicted octanol–water partition coefficient (Wildman–Crippen LogP) is 1.14. The summed E-state index contributed by atoms with van der Waals surface area (Å²) >= 11 is 0. The molecule has 0 amide bonds. The number of aliphatic hydroxyl groups excluding tert-OH is 2. The van der Waals surface area contributed by atoms with E-state index in [2.05, 4.69) is 0 Å². The zero-order valence-corrected chi connectivity index (χ0v) is 8.72. The van der Waals surface area contributed by atoms with E-state index in [1.807, 2.05) is 0 Å². The summed E-state index contributed by atoms with van der Waals surface area (Å²) in [6.45, 7) is 2.17. The van der Waals surface area contributed by atoms with Gasteiger partial charge in [-0.05, 0) is 19.1 Å². The second-order valence-corrected chi connectivity index (χ2v) is 3.14. The van der Waals surface area contributed by atoms with Gasteiger partial charge in [0.1, 0.15) is 17.7 Å². The van der Waals surface area contributed by atoms with E-state index in [0.29, 0.717) is 12.4 Å². The molecule has 0 saturated carbocycles. The lowest BCUT2D eigenvalue weighted by Gasteiger charge is -2.13. The molecule has 0 aromatic heterocycles. The smallest absolute Gasteiger partial charge is 0.170 e. The molecule has 86 valence electrons. The molecule has 0 fully saturated rings. The molecule has 0 aliphatic carbocycles. The van der Waals surface area contributed by atoms with Crippen molar-refractivity contribution >= 4 is 0 Å². The van der Waals surface area contributed by atoms with Gasteiger partial charge in [-0.1, -0.05) is 0 Å². The third-order valence-electron chi connectivity index (χ3n) is 2.03. The minimum Gasteiger partial charge on any atom is -0.494 e. The topological polar surface area (TPSA) is 73.5 Å². The van der Waals surface area contributed by atoms with Gasteiger partial charge in [-0.2, -0.15) is 5.26 Å². The van der Waals surface area contributed by atoms with Crippen LogP contribution in [-0.4, -0.2) is 22.9 Å². The Morgan fingerprint density at radius 1 is 1.50 bits per heavy atom. The first kappa shape index (κ1) is 12.4. The maximum Gasteiger partial charge on any atom is 0.170 e. The molecule has 0 aliphatic heterocycles. The molecule has 0 aliphatic rings. The SMILES string of the molecule is CCOc1ccc(C(O)C(O)C#N)c(F)c1. The summed E-state index contributed by atoms with van der Waals surface area (Å²) in [5.41, 5.74) is -0.127. The summed E-state index contributed by atoms with van der Waals surface area (Å²) in [7, 11) is 0. The molecular weight excluding hydrogens is 213 g/mol. The van der Waals surface area contributed by atoms with E-state index in [9.17, 15) is 9.50 Å². The first-order valence-electron chi connectivity index (χ1n) is 4.78. The number of benzene rings is 1. The monoisotopic (exact) mass is 225 g/mol. The van der Waals surface area contributed by atoms with Gasteiger partial charge in [0.15, 0.2) is 6.10 Å². The molecular formula is C11H12FNO3. The summed E-state index contributed by atoms with van der Waals surface area (Å²) in [6.07, 6.45) is -3.20. The number of halogens is 1. The Bertz CT molecular complexity index is 403. The molecule has 1 rings (SSSR count). The molecule has 1 aromatic rings. The summed E-state index contributed by atoms with van der Waals surface area (Å²) in [4.78, 5) is 0. The van der Waals surface area contributed by atoms with Gasteiger partial charge in [-0.25, -0.2) is 4.39 Å². The molecule has 0 bridgehead atoms. The lowest BCUT2D eigenvalue weighted by Crippen LogP contribution is -2.17.